The summed E-state index contributed by atoms with van der Waals surface area (Å²) < 4.78 is 1.81. The topological polar surface area (TPSA) is 41.4 Å². The van der Waals surface area contributed by atoms with Gasteiger partial charge in [0.2, 0.25) is 0 Å². The molecule has 1 aliphatic heterocycles. The predicted molar refractivity (Wildman–Crippen MR) is 83.7 cm³/mol. The van der Waals surface area contributed by atoms with Gasteiger partial charge in [0, 0.05) is 19.0 Å². The zero-order valence-electron chi connectivity index (χ0n) is 12.9. The Bertz CT molecular complexity index is 661. The van der Waals surface area contributed by atoms with Crippen LogP contribution in [0.25, 0.3) is 11.0 Å². The van der Waals surface area contributed by atoms with Crippen LogP contribution in [0.5, 0.6) is 0 Å². The minimum absolute atomic E-state index is 0.0577. The van der Waals surface area contributed by atoms with Crippen LogP contribution in [0.15, 0.2) is 24.3 Å². The first-order valence-electron chi connectivity index (χ1n) is 7.53. The van der Waals surface area contributed by atoms with Gasteiger partial charge in [-0.05, 0) is 46.1 Å². The van der Waals surface area contributed by atoms with Gasteiger partial charge in [0.05, 0.1) is 11.0 Å². The van der Waals surface area contributed by atoms with Gasteiger partial charge >= 0.3 is 6.03 Å². The fourth-order valence-corrected chi connectivity index (χ4v) is 2.99. The monoisotopic (exact) mass is 286 g/mol. The number of fused-ring (bicyclic) bond motifs is 3. The van der Waals surface area contributed by atoms with Crippen molar-refractivity contribution in [3.05, 3.63) is 30.1 Å². The molecule has 112 valence electrons. The Kier molecular flexibility index (Phi) is 3.68. The van der Waals surface area contributed by atoms with E-state index in [0.717, 1.165) is 42.9 Å². The number of imidazole rings is 1. The van der Waals surface area contributed by atoms with E-state index < -0.39 is 0 Å². The number of hydrogen-bond acceptors (Lipinski definition) is 3. The smallest absolute Gasteiger partial charge is 0.324 e. The number of para-hydroxylation sites is 2. The lowest BCUT2D eigenvalue weighted by atomic mass is 10.0. The molecule has 0 saturated carbocycles. The molecule has 5 heteroatoms. The Morgan fingerprint density at radius 1 is 1.33 bits per heavy atom. The molecule has 5 nitrogen and oxygen atoms in total. The molecule has 1 aromatic carbocycles. The molecule has 0 spiro atoms. The van der Waals surface area contributed by atoms with Crippen LogP contribution in [0.1, 0.15) is 25.1 Å². The summed E-state index contributed by atoms with van der Waals surface area (Å²) >= 11 is 0. The highest BCUT2D eigenvalue weighted by molar-refractivity contribution is 5.91. The molecule has 0 bridgehead atoms. The minimum Gasteiger partial charge on any atom is -0.324 e. The highest BCUT2D eigenvalue weighted by Crippen LogP contribution is 2.30. The van der Waals surface area contributed by atoms with Crippen LogP contribution in [0.4, 0.5) is 4.79 Å². The van der Waals surface area contributed by atoms with Crippen molar-refractivity contribution >= 4 is 17.1 Å². The van der Waals surface area contributed by atoms with E-state index in [1.807, 2.05) is 40.7 Å². The number of hydrogen-bond donors (Lipinski definition) is 0. The van der Waals surface area contributed by atoms with Crippen LogP contribution in [-0.4, -0.2) is 59.1 Å². The van der Waals surface area contributed by atoms with E-state index in [4.69, 9.17) is 4.98 Å². The Balaban J connectivity index is 2.06. The van der Waals surface area contributed by atoms with Crippen molar-refractivity contribution in [2.24, 2.45) is 0 Å². The van der Waals surface area contributed by atoms with Crippen LogP contribution in [0.2, 0.25) is 0 Å². The molecule has 3 rings (SSSR count). The standard InChI is InChI=1S/C16H22N4O/c1-4-19-11-12(9-10-18(2)3)15-17-13-7-5-6-8-14(13)20(15)16(19)21/h5-8,12H,4,9-11H2,1-3H3. The number of likely N-dealkylation sites (N-methyl/N-ethyl adjacent to an activating group) is 1. The zero-order chi connectivity index (χ0) is 15.0. The lowest BCUT2D eigenvalue weighted by Crippen LogP contribution is -2.44. The molecule has 1 amide bonds. The molecule has 0 aliphatic carbocycles. The maximum atomic E-state index is 12.6. The van der Waals surface area contributed by atoms with Crippen LogP contribution >= 0.6 is 0 Å². The quantitative estimate of drug-likeness (QED) is 0.866. The molecule has 1 aliphatic rings. The predicted octanol–water partition coefficient (Wildman–Crippen LogP) is 2.38. The van der Waals surface area contributed by atoms with Gasteiger partial charge in [-0.1, -0.05) is 12.1 Å². The van der Waals surface area contributed by atoms with Crippen molar-refractivity contribution in [2.75, 3.05) is 33.7 Å². The molecule has 2 aromatic rings. The van der Waals surface area contributed by atoms with E-state index in [1.54, 1.807) is 0 Å². The van der Waals surface area contributed by atoms with Gasteiger partial charge in [0.15, 0.2) is 0 Å². The summed E-state index contributed by atoms with van der Waals surface area (Å²) in [7, 11) is 4.16. The number of aromatic nitrogens is 2. The van der Waals surface area contributed by atoms with Gasteiger partial charge in [0.1, 0.15) is 5.82 Å². The molecule has 0 fully saturated rings. The van der Waals surface area contributed by atoms with Gasteiger partial charge < -0.3 is 9.80 Å². The second kappa shape index (κ2) is 5.48. The summed E-state index contributed by atoms with van der Waals surface area (Å²) in [5, 5.41) is 0. The van der Waals surface area contributed by atoms with Gasteiger partial charge in [-0.3, -0.25) is 0 Å². The van der Waals surface area contributed by atoms with Crippen LogP contribution in [0, 0.1) is 0 Å². The van der Waals surface area contributed by atoms with Crippen LogP contribution in [0.3, 0.4) is 0 Å². The normalized spacial score (nSPS) is 18.6. The number of rotatable bonds is 4. The molecule has 0 N–H and O–H groups in total. The average Bonchev–Trinajstić information content (AvgIpc) is 2.86. The Labute approximate surface area is 125 Å². The maximum Gasteiger partial charge on any atom is 0.330 e. The summed E-state index contributed by atoms with van der Waals surface area (Å²) in [6, 6.07) is 7.95. The molecule has 1 atom stereocenters. The van der Waals surface area contributed by atoms with Gasteiger partial charge in [-0.2, -0.15) is 0 Å². The minimum atomic E-state index is 0.0577. The van der Waals surface area contributed by atoms with E-state index in [-0.39, 0.29) is 6.03 Å². The average molecular weight is 286 g/mol. The van der Waals surface area contributed by atoms with Crippen molar-refractivity contribution in [3.63, 3.8) is 0 Å². The van der Waals surface area contributed by atoms with Crippen LogP contribution in [-0.2, 0) is 0 Å². The summed E-state index contributed by atoms with van der Waals surface area (Å²) in [5.41, 5.74) is 1.83. The van der Waals surface area contributed by atoms with Gasteiger partial charge in [0.25, 0.3) is 0 Å². The molecule has 1 unspecified atom stereocenters. The summed E-state index contributed by atoms with van der Waals surface area (Å²) in [4.78, 5) is 21.5. The highest BCUT2D eigenvalue weighted by Gasteiger charge is 2.33. The Morgan fingerprint density at radius 3 is 2.81 bits per heavy atom. The SMILES string of the molecule is CCN1CC(CCN(C)C)c2nc3ccccc3n2C1=O. The third-order valence-corrected chi connectivity index (χ3v) is 4.16. The lowest BCUT2D eigenvalue weighted by molar-refractivity contribution is 0.184. The number of carbonyl (C=O) groups is 1. The Morgan fingerprint density at radius 2 is 2.10 bits per heavy atom. The highest BCUT2D eigenvalue weighted by atomic mass is 16.2. The second-order valence-corrected chi connectivity index (χ2v) is 5.90. The Hall–Kier alpha value is -1.88. The molecule has 21 heavy (non-hydrogen) atoms. The molecule has 0 saturated heterocycles. The van der Waals surface area contributed by atoms with E-state index in [9.17, 15) is 4.79 Å². The fraction of sp³-hybridized carbons (Fsp3) is 0.500. The molecule has 0 radical (unpaired) electrons. The van der Waals surface area contributed by atoms with Crippen molar-refractivity contribution in [1.82, 2.24) is 19.4 Å². The first-order chi connectivity index (χ1) is 10.1. The van der Waals surface area contributed by atoms with E-state index in [2.05, 4.69) is 19.0 Å². The van der Waals surface area contributed by atoms with E-state index in [0.29, 0.717) is 5.92 Å². The van der Waals surface area contributed by atoms with Gasteiger partial charge in [-0.25, -0.2) is 14.3 Å². The lowest BCUT2D eigenvalue weighted by Gasteiger charge is -2.33. The third-order valence-electron chi connectivity index (χ3n) is 4.16. The summed E-state index contributed by atoms with van der Waals surface area (Å²) in [5.74, 6) is 1.23. The van der Waals surface area contributed by atoms with Crippen LogP contribution < -0.4 is 0 Å². The fourth-order valence-electron chi connectivity index (χ4n) is 2.99. The number of carbonyl (C=O) groups excluding carboxylic acids is 1. The third kappa shape index (κ3) is 2.42. The van der Waals surface area contributed by atoms with Crippen molar-refractivity contribution in [1.29, 1.82) is 0 Å². The van der Waals surface area contributed by atoms with Crippen molar-refractivity contribution in [3.8, 4) is 0 Å². The largest absolute Gasteiger partial charge is 0.330 e. The molecular formula is C16H22N4O. The molecule has 2 heterocycles. The first kappa shape index (κ1) is 14.1. The zero-order valence-corrected chi connectivity index (χ0v) is 12.9. The molecule has 1 aromatic heterocycles. The maximum absolute atomic E-state index is 12.6. The number of amides is 1. The first-order valence-corrected chi connectivity index (χ1v) is 7.53. The summed E-state index contributed by atoms with van der Waals surface area (Å²) in [6.07, 6.45) is 1.01. The van der Waals surface area contributed by atoms with Crippen molar-refractivity contribution < 1.29 is 4.79 Å². The van der Waals surface area contributed by atoms with E-state index >= 15 is 0 Å². The molecular weight excluding hydrogens is 264 g/mol. The summed E-state index contributed by atoms with van der Waals surface area (Å²) in [6.45, 7) is 4.54. The van der Waals surface area contributed by atoms with Crippen molar-refractivity contribution in [2.45, 2.75) is 19.3 Å². The number of benzene rings is 1. The van der Waals surface area contributed by atoms with E-state index in [1.165, 1.54) is 0 Å². The van der Waals surface area contributed by atoms with Gasteiger partial charge in [-0.15, -0.1) is 0 Å². The second-order valence-electron chi connectivity index (χ2n) is 5.90. The number of nitrogens with zero attached hydrogens (tertiary/aromatic N) is 4.